The zero-order valence-electron chi connectivity index (χ0n) is 13.6. The van der Waals surface area contributed by atoms with Gasteiger partial charge in [0, 0.05) is 23.7 Å². The summed E-state index contributed by atoms with van der Waals surface area (Å²) >= 11 is 5.85. The molecule has 0 aromatic heterocycles. The van der Waals surface area contributed by atoms with Gasteiger partial charge in [0.2, 0.25) is 6.10 Å². The van der Waals surface area contributed by atoms with Crippen LogP contribution in [0.1, 0.15) is 22.0 Å². The van der Waals surface area contributed by atoms with Crippen LogP contribution < -0.4 is 0 Å². The first kappa shape index (κ1) is 17.5. The van der Waals surface area contributed by atoms with Gasteiger partial charge in [0.15, 0.2) is 0 Å². The molecule has 2 aromatic carbocycles. The largest absolute Gasteiger partial charge is 0.444 e. The Balaban J connectivity index is 1.82. The second kappa shape index (κ2) is 8.14. The maximum atomic E-state index is 12.9. The molecule has 130 valence electrons. The molecule has 1 amide bonds. The second-order valence-electron chi connectivity index (χ2n) is 5.64. The van der Waals surface area contributed by atoms with Crippen molar-refractivity contribution in [2.75, 3.05) is 26.3 Å². The Morgan fingerprint density at radius 1 is 1.00 bits per heavy atom. The highest BCUT2D eigenvalue weighted by Gasteiger charge is 2.30. The number of amides is 1. The lowest BCUT2D eigenvalue weighted by molar-refractivity contribution is -0.145. The lowest BCUT2D eigenvalue weighted by atomic mass is 10.1. The fourth-order valence-electron chi connectivity index (χ4n) is 2.60. The van der Waals surface area contributed by atoms with E-state index in [9.17, 15) is 9.59 Å². The molecule has 0 unspecified atom stereocenters. The van der Waals surface area contributed by atoms with Gasteiger partial charge in [0.25, 0.3) is 5.91 Å². The standard InChI is InChI=1S/C19H18ClNO4/c20-16-8-6-15(7-9-16)19(23)25-17(14-4-2-1-3-5-14)18(22)21-10-12-24-13-11-21/h1-9,17H,10-13H2/t17-/m1/s1. The molecule has 1 heterocycles. The van der Waals surface area contributed by atoms with Gasteiger partial charge in [-0.2, -0.15) is 0 Å². The molecule has 0 spiro atoms. The number of benzene rings is 2. The molecule has 0 bridgehead atoms. The quantitative estimate of drug-likeness (QED) is 0.787. The normalized spacial score (nSPS) is 15.5. The predicted molar refractivity (Wildman–Crippen MR) is 93.4 cm³/mol. The number of carbonyl (C=O) groups excluding carboxylic acids is 2. The first-order chi connectivity index (χ1) is 12.1. The Kier molecular flexibility index (Phi) is 5.68. The molecular formula is C19H18ClNO4. The van der Waals surface area contributed by atoms with Crippen LogP contribution in [0.15, 0.2) is 54.6 Å². The van der Waals surface area contributed by atoms with Crippen LogP contribution in [0.3, 0.4) is 0 Å². The minimum atomic E-state index is -0.984. The van der Waals surface area contributed by atoms with Crippen molar-refractivity contribution in [3.8, 4) is 0 Å². The third-order valence-electron chi connectivity index (χ3n) is 3.95. The van der Waals surface area contributed by atoms with Crippen molar-refractivity contribution in [1.82, 2.24) is 4.90 Å². The lowest BCUT2D eigenvalue weighted by Gasteiger charge is -2.30. The molecule has 3 rings (SSSR count). The van der Waals surface area contributed by atoms with Gasteiger partial charge >= 0.3 is 5.97 Å². The maximum absolute atomic E-state index is 12.9. The molecule has 1 fully saturated rings. The average Bonchev–Trinajstić information content (AvgIpc) is 2.67. The van der Waals surface area contributed by atoms with E-state index in [-0.39, 0.29) is 5.91 Å². The summed E-state index contributed by atoms with van der Waals surface area (Å²) in [4.78, 5) is 27.0. The summed E-state index contributed by atoms with van der Waals surface area (Å²) in [7, 11) is 0. The van der Waals surface area contributed by atoms with Crippen molar-refractivity contribution >= 4 is 23.5 Å². The molecule has 25 heavy (non-hydrogen) atoms. The fraction of sp³-hybridized carbons (Fsp3) is 0.263. The smallest absolute Gasteiger partial charge is 0.339 e. The number of halogens is 1. The van der Waals surface area contributed by atoms with E-state index in [1.807, 2.05) is 18.2 Å². The van der Waals surface area contributed by atoms with Gasteiger partial charge in [-0.05, 0) is 24.3 Å². The van der Waals surface area contributed by atoms with E-state index in [0.29, 0.717) is 42.5 Å². The van der Waals surface area contributed by atoms with Gasteiger partial charge in [-0.25, -0.2) is 4.79 Å². The summed E-state index contributed by atoms with van der Waals surface area (Å²) < 4.78 is 10.8. The Hall–Kier alpha value is -2.37. The summed E-state index contributed by atoms with van der Waals surface area (Å²) in [6.45, 7) is 1.94. The van der Waals surface area contributed by atoms with E-state index in [1.165, 1.54) is 0 Å². The fourth-order valence-corrected chi connectivity index (χ4v) is 2.73. The van der Waals surface area contributed by atoms with Crippen LogP contribution in [0.4, 0.5) is 0 Å². The number of hydrogen-bond acceptors (Lipinski definition) is 4. The molecule has 2 aromatic rings. The highest BCUT2D eigenvalue weighted by molar-refractivity contribution is 6.30. The first-order valence-corrected chi connectivity index (χ1v) is 8.41. The zero-order chi connectivity index (χ0) is 17.6. The summed E-state index contributed by atoms with van der Waals surface area (Å²) in [6.07, 6.45) is -0.984. The van der Waals surface area contributed by atoms with E-state index in [0.717, 1.165) is 0 Å². The summed E-state index contributed by atoms with van der Waals surface area (Å²) in [5.41, 5.74) is 0.987. The van der Waals surface area contributed by atoms with Crippen molar-refractivity contribution in [3.05, 3.63) is 70.7 Å². The molecule has 1 saturated heterocycles. The third-order valence-corrected chi connectivity index (χ3v) is 4.21. The highest BCUT2D eigenvalue weighted by Crippen LogP contribution is 2.23. The average molecular weight is 360 g/mol. The number of esters is 1. The SMILES string of the molecule is O=C(O[C@@H](C(=O)N1CCOCC1)c1ccccc1)c1ccc(Cl)cc1. The number of hydrogen-bond donors (Lipinski definition) is 0. The van der Waals surface area contributed by atoms with Crippen LogP contribution in [0.5, 0.6) is 0 Å². The zero-order valence-corrected chi connectivity index (χ0v) is 14.3. The molecule has 0 aliphatic carbocycles. The molecule has 5 nitrogen and oxygen atoms in total. The number of ether oxygens (including phenoxy) is 2. The van der Waals surface area contributed by atoms with Crippen molar-refractivity contribution in [2.24, 2.45) is 0 Å². The van der Waals surface area contributed by atoms with Crippen LogP contribution in [-0.2, 0) is 14.3 Å². The van der Waals surface area contributed by atoms with Gasteiger partial charge < -0.3 is 14.4 Å². The number of morpholine rings is 1. The van der Waals surface area contributed by atoms with Crippen molar-refractivity contribution in [3.63, 3.8) is 0 Å². The van der Waals surface area contributed by atoms with Gasteiger partial charge in [0.05, 0.1) is 18.8 Å². The van der Waals surface area contributed by atoms with Gasteiger partial charge in [-0.15, -0.1) is 0 Å². The summed E-state index contributed by atoms with van der Waals surface area (Å²) in [6, 6.07) is 15.4. The molecule has 1 aliphatic rings. The van der Waals surface area contributed by atoms with Crippen LogP contribution in [0.2, 0.25) is 5.02 Å². The molecule has 0 N–H and O–H groups in total. The minimum Gasteiger partial charge on any atom is -0.444 e. The topological polar surface area (TPSA) is 55.8 Å². The van der Waals surface area contributed by atoms with Crippen molar-refractivity contribution in [1.29, 1.82) is 0 Å². The molecule has 0 radical (unpaired) electrons. The van der Waals surface area contributed by atoms with Crippen LogP contribution in [0, 0.1) is 0 Å². The van der Waals surface area contributed by atoms with Gasteiger partial charge in [-0.3, -0.25) is 4.79 Å². The van der Waals surface area contributed by atoms with Crippen LogP contribution in [-0.4, -0.2) is 43.1 Å². The Labute approximate surface area is 151 Å². The summed E-state index contributed by atoms with van der Waals surface area (Å²) in [5, 5.41) is 0.528. The number of rotatable bonds is 4. The van der Waals surface area contributed by atoms with Crippen molar-refractivity contribution in [2.45, 2.75) is 6.10 Å². The Morgan fingerprint density at radius 3 is 2.28 bits per heavy atom. The van der Waals surface area contributed by atoms with Gasteiger partial charge in [0.1, 0.15) is 0 Å². The van der Waals surface area contributed by atoms with Crippen molar-refractivity contribution < 1.29 is 19.1 Å². The molecule has 0 saturated carbocycles. The van der Waals surface area contributed by atoms with E-state index in [2.05, 4.69) is 0 Å². The predicted octanol–water partition coefficient (Wildman–Crippen LogP) is 3.10. The van der Waals surface area contributed by atoms with E-state index >= 15 is 0 Å². The Morgan fingerprint density at radius 2 is 1.64 bits per heavy atom. The van der Waals surface area contributed by atoms with Crippen LogP contribution in [0.25, 0.3) is 0 Å². The highest BCUT2D eigenvalue weighted by atomic mass is 35.5. The number of carbonyl (C=O) groups is 2. The molecule has 1 aliphatic heterocycles. The van der Waals surface area contributed by atoms with E-state index < -0.39 is 12.1 Å². The monoisotopic (exact) mass is 359 g/mol. The first-order valence-electron chi connectivity index (χ1n) is 8.03. The van der Waals surface area contributed by atoms with Gasteiger partial charge in [-0.1, -0.05) is 41.9 Å². The molecule has 6 heteroatoms. The maximum Gasteiger partial charge on any atom is 0.339 e. The number of nitrogens with zero attached hydrogens (tertiary/aromatic N) is 1. The van der Waals surface area contributed by atoms with E-state index in [4.69, 9.17) is 21.1 Å². The summed E-state index contributed by atoms with van der Waals surface area (Å²) in [5.74, 6) is -0.802. The lowest BCUT2D eigenvalue weighted by Crippen LogP contribution is -2.44. The van der Waals surface area contributed by atoms with E-state index in [1.54, 1.807) is 41.3 Å². The molecular weight excluding hydrogens is 342 g/mol. The third kappa shape index (κ3) is 4.38. The second-order valence-corrected chi connectivity index (χ2v) is 6.08. The molecule has 1 atom stereocenters. The Bertz CT molecular complexity index is 727. The minimum absolute atomic E-state index is 0.239. The van der Waals surface area contributed by atoms with Crippen LogP contribution >= 0.6 is 11.6 Å².